The summed E-state index contributed by atoms with van der Waals surface area (Å²) in [6, 6.07) is 35.0. The number of aromatic amines is 1. The largest absolute Gasteiger partial charge is 0.468 e. The average Bonchev–Trinajstić information content (AvgIpc) is 1.66. The number of imidazole rings is 4. The summed E-state index contributed by atoms with van der Waals surface area (Å²) in [6.07, 6.45) is 22.3. The summed E-state index contributed by atoms with van der Waals surface area (Å²) in [4.78, 5) is 62.7. The van der Waals surface area contributed by atoms with Crippen LogP contribution < -0.4 is 61.8 Å². The van der Waals surface area contributed by atoms with Gasteiger partial charge in [0.15, 0.2) is 62.4 Å². The molecule has 0 saturated heterocycles. The number of ether oxygens (including phenoxy) is 7. The molecule has 30 heteroatoms. The molecule has 8 aromatic heterocycles. The average molecular weight is 1650 g/mol. The lowest BCUT2D eigenvalue weighted by atomic mass is 10.1. The van der Waals surface area contributed by atoms with E-state index < -0.39 is 0 Å². The standard InChI is InChI=1S/C20H23N5O2.C18H19N5O2.C17H18BrN5O2.C17H17N5O2.C4H8.2CH4.HI.H2/c1-4-6-11-27-19-23-17(21)16-18(24-19)25(20(22-16)26-3)13-15-10-7-9-14(12-15)8-5-2;1-24-18-20-14-15(19)21-17-22-16(14)23(18)11-13-8-5-7-12(10-13)6-3-2-4-9-25-17;1-3-4-8-25-16-21-14(19)13-15(22-16)23(17(20-13)24-2)10-11-6-5-7-12(18)9-11;18-14-13-15-21-16(20-14)24-8-3-1-2-5-11-6-4-7-12(9-11)10-22(15)17(23)19-13;1-3-4-2;;;;/h4-5,7,9-10,12H,1-2,6,8,11,13H2,3H3,(H2,21,23,24);2-3,5,7-8,10H,4,6,9,11H2,1H3,(H2,19,21,22);3,5-7,9H,1,4,8,10H2,2H3,(H2,19,21,22);1-2,4,6-7,9H,3,5,8,10H2,(H,19,23)(H2,18,20,21);3H,1,4H2,2H3;2*1H4;2*1H/b;3-2-;;2-1-;;;;;. The highest BCUT2D eigenvalue weighted by Crippen LogP contribution is 2.31. The molecule has 0 radical (unpaired) electrons. The fourth-order valence-electron chi connectivity index (χ4n) is 10.9. The first-order valence-corrected chi connectivity index (χ1v) is 34.7. The Bertz CT molecular complexity index is 5140. The molecule has 28 nitrogen and oxygen atoms in total. The van der Waals surface area contributed by atoms with Crippen LogP contribution in [-0.4, -0.2) is 126 Å². The van der Waals surface area contributed by atoms with Gasteiger partial charge in [-0.15, -0.1) is 50.3 Å². The van der Waals surface area contributed by atoms with E-state index in [1.807, 2.05) is 74.4 Å². The van der Waals surface area contributed by atoms with Crippen LogP contribution >= 0.6 is 39.9 Å². The van der Waals surface area contributed by atoms with E-state index in [4.69, 9.17) is 56.1 Å². The summed E-state index contributed by atoms with van der Waals surface area (Å²) in [5, 5.41) is 0. The SMILES string of the molecule is C.C.C=CCC.C=CCCOc1nc(N)c2nc(OC)n(Cc3cccc(Br)c3)c2n1.C=CCCOc1nc(N)c2nc(OC)n(Cc3cccc(CC=C)c3)c2n1.COc1nc2c(N)nc3nc2n1Cc1cccc(c1)C/C=C\CCO3.I.Nc1nc2nc3c1[nH]c(=O)n3Cc1cccc(c1)C/C=C\CCO2.[HH]. The first kappa shape index (κ1) is 83.6. The maximum Gasteiger partial charge on any atom is 0.328 e. The Hall–Kier alpha value is -11.7. The molecule has 14 rings (SSSR count). The third-order valence-electron chi connectivity index (χ3n) is 15.9. The number of nitrogens with zero attached hydrogens (tertiary/aromatic N) is 15. The van der Waals surface area contributed by atoms with Crippen LogP contribution in [0.2, 0.25) is 0 Å². The fourth-order valence-corrected chi connectivity index (χ4v) is 11.4. The predicted octanol–water partition coefficient (Wildman–Crippen LogP) is 14.0. The fraction of sp³-hybridized carbons (Fsp3) is 0.282. The van der Waals surface area contributed by atoms with Gasteiger partial charge in [0.05, 0.1) is 73.9 Å². The third kappa shape index (κ3) is 21.8. The lowest BCUT2D eigenvalue weighted by Gasteiger charge is -2.10. The Morgan fingerprint density at radius 3 is 1.48 bits per heavy atom. The first-order chi connectivity index (χ1) is 51.1. The molecule has 570 valence electrons. The van der Waals surface area contributed by atoms with Crippen LogP contribution in [0.1, 0.15) is 94.3 Å². The van der Waals surface area contributed by atoms with Gasteiger partial charge in [-0.05, 0) is 102 Å². The van der Waals surface area contributed by atoms with Crippen molar-refractivity contribution in [2.24, 2.45) is 0 Å². The van der Waals surface area contributed by atoms with E-state index in [9.17, 15) is 4.79 Å². The van der Waals surface area contributed by atoms with Gasteiger partial charge in [0.25, 0.3) is 18.0 Å². The Balaban J connectivity index is 0.000000221. The van der Waals surface area contributed by atoms with E-state index in [1.165, 1.54) is 16.7 Å². The Morgan fingerprint density at radius 1 is 0.519 bits per heavy atom. The normalized spacial score (nSPS) is 12.5. The summed E-state index contributed by atoms with van der Waals surface area (Å²) in [5.74, 6) is 1.01. The number of nitrogens with two attached hydrogens (primary N) is 4. The predicted molar refractivity (Wildman–Crippen MR) is 443 cm³/mol. The van der Waals surface area contributed by atoms with Crippen molar-refractivity contribution in [3.8, 4) is 42.1 Å². The minimum Gasteiger partial charge on any atom is -0.468 e. The minimum absolute atomic E-state index is 0. The second-order valence-electron chi connectivity index (χ2n) is 23.6. The molecule has 0 fully saturated rings. The molecule has 12 aromatic rings. The van der Waals surface area contributed by atoms with Crippen LogP contribution in [0.4, 0.5) is 23.3 Å². The Labute approximate surface area is 654 Å². The number of anilines is 4. The van der Waals surface area contributed by atoms with E-state index in [1.54, 1.807) is 38.0 Å². The monoisotopic (exact) mass is 1650 g/mol. The number of fused-ring (bicyclic) bond motifs is 8. The van der Waals surface area contributed by atoms with Gasteiger partial charge >= 0.3 is 29.7 Å². The molecule has 0 aliphatic carbocycles. The first-order valence-electron chi connectivity index (χ1n) is 33.9. The van der Waals surface area contributed by atoms with Crippen molar-refractivity contribution >= 4 is 108 Å². The summed E-state index contributed by atoms with van der Waals surface area (Å²) in [7, 11) is 4.71. The molecule has 0 saturated carbocycles. The summed E-state index contributed by atoms with van der Waals surface area (Å²) in [5.41, 5.74) is 35.9. The number of nitrogens with one attached hydrogen (secondary N) is 1. The van der Waals surface area contributed by atoms with Crippen molar-refractivity contribution in [3.63, 3.8) is 0 Å². The van der Waals surface area contributed by atoms with Gasteiger partial charge in [0, 0.05) is 5.90 Å². The molecule has 108 heavy (non-hydrogen) atoms. The van der Waals surface area contributed by atoms with Crippen molar-refractivity contribution < 1.29 is 34.6 Å². The topological polar surface area (TPSA) is 363 Å². The highest BCUT2D eigenvalue weighted by molar-refractivity contribution is 14.0. The van der Waals surface area contributed by atoms with Gasteiger partial charge in [0.2, 0.25) is 0 Å². The van der Waals surface area contributed by atoms with E-state index in [2.05, 4.69) is 182 Å². The number of hydrogen-bond donors (Lipinski definition) is 5. The Morgan fingerprint density at radius 2 is 0.972 bits per heavy atom. The zero-order valence-electron chi connectivity index (χ0n) is 59.6. The lowest BCUT2D eigenvalue weighted by Crippen LogP contribution is -2.18. The van der Waals surface area contributed by atoms with Gasteiger partial charge in [-0.25, -0.2) is 4.79 Å². The number of nitrogen functional groups attached to an aromatic ring is 4. The molecule has 8 bridgehead atoms. The van der Waals surface area contributed by atoms with Crippen molar-refractivity contribution in [1.29, 1.82) is 0 Å². The Kier molecular flexibility index (Phi) is 32.0. The maximum absolute atomic E-state index is 12.3. The van der Waals surface area contributed by atoms with Gasteiger partial charge in [-0.3, -0.25) is 18.3 Å². The van der Waals surface area contributed by atoms with E-state index in [0.29, 0.717) is 128 Å². The maximum atomic E-state index is 12.3. The van der Waals surface area contributed by atoms with Crippen molar-refractivity contribution in [2.75, 3.05) is 70.7 Å². The molecule has 2 aliphatic rings. The summed E-state index contributed by atoms with van der Waals surface area (Å²) in [6.45, 7) is 20.5. The summed E-state index contributed by atoms with van der Waals surface area (Å²) >= 11 is 3.48. The zero-order valence-corrected chi connectivity index (χ0v) is 63.5. The minimum atomic E-state index is -0.263. The van der Waals surface area contributed by atoms with Crippen LogP contribution in [-0.2, 0) is 45.4 Å². The number of hydrogen-bond acceptors (Lipinski definition) is 23. The van der Waals surface area contributed by atoms with Crippen LogP contribution in [0, 0.1) is 0 Å². The third-order valence-corrected chi connectivity index (χ3v) is 16.4. The molecule has 0 unspecified atom stereocenters. The number of methoxy groups -OCH3 is 3. The highest BCUT2D eigenvalue weighted by Gasteiger charge is 2.23. The van der Waals surface area contributed by atoms with Gasteiger partial charge in [-0.2, -0.15) is 54.8 Å². The van der Waals surface area contributed by atoms with E-state index in [0.717, 1.165) is 65.3 Å². The quantitative estimate of drug-likeness (QED) is 0.0303. The number of allylic oxidation sites excluding steroid dienone is 4. The number of aromatic nitrogens is 16. The van der Waals surface area contributed by atoms with Crippen LogP contribution in [0.3, 0.4) is 0 Å². The smallest absolute Gasteiger partial charge is 0.328 e. The number of H-pyrrole nitrogens is 1. The van der Waals surface area contributed by atoms with Crippen molar-refractivity contribution in [2.45, 2.75) is 99.3 Å². The molecule has 2 aliphatic heterocycles. The zero-order chi connectivity index (χ0) is 74.2. The van der Waals surface area contributed by atoms with Crippen molar-refractivity contribution in [1.82, 2.24) is 78.1 Å². The van der Waals surface area contributed by atoms with E-state index in [-0.39, 0.29) is 93.3 Å². The number of halogens is 2. The molecule has 0 amide bonds. The summed E-state index contributed by atoms with van der Waals surface area (Å²) < 4.78 is 46.7. The molecule has 0 atom stereocenters. The molecular weight excluding hydrogens is 1550 g/mol. The second kappa shape index (κ2) is 41.3. The van der Waals surface area contributed by atoms with Gasteiger partial charge in [-0.1, -0.05) is 171 Å². The number of rotatable bonds is 18. The molecule has 0 spiro atoms. The van der Waals surface area contributed by atoms with E-state index >= 15 is 0 Å². The second-order valence-corrected chi connectivity index (χ2v) is 24.5. The highest BCUT2D eigenvalue weighted by atomic mass is 127. The molecule has 9 N–H and O–H groups in total. The lowest BCUT2D eigenvalue weighted by molar-refractivity contribution is 0.300. The molecular formula is C78H96BrIN20O8. The van der Waals surface area contributed by atoms with Gasteiger partial charge in [0.1, 0.15) is 5.52 Å². The molecule has 4 aromatic carbocycles. The van der Waals surface area contributed by atoms with Crippen LogP contribution in [0.15, 0.2) is 181 Å². The van der Waals surface area contributed by atoms with Crippen LogP contribution in [0.5, 0.6) is 42.1 Å². The molecule has 10 heterocycles. The number of benzene rings is 4. The van der Waals surface area contributed by atoms with Crippen molar-refractivity contribution in [3.05, 3.63) is 226 Å². The van der Waals surface area contributed by atoms with Crippen LogP contribution in [0.25, 0.3) is 44.7 Å². The van der Waals surface area contributed by atoms with Gasteiger partial charge < -0.3 is 61.1 Å².